The van der Waals surface area contributed by atoms with Crippen LogP contribution in [-0.2, 0) is 12.4 Å². The van der Waals surface area contributed by atoms with Crippen LogP contribution in [0.15, 0.2) is 30.3 Å². The fraction of sp³-hybridized carbons (Fsp3) is 0.391. The van der Waals surface area contributed by atoms with Crippen LogP contribution in [0.5, 0.6) is 17.2 Å². The minimum atomic E-state index is -5.26. The highest BCUT2D eigenvalue weighted by Gasteiger charge is 2.46. The third-order valence-corrected chi connectivity index (χ3v) is 7.86. The van der Waals surface area contributed by atoms with Gasteiger partial charge in [0.15, 0.2) is 11.0 Å². The van der Waals surface area contributed by atoms with Crippen LogP contribution in [0.4, 0.5) is 26.3 Å². The highest BCUT2D eigenvalue weighted by atomic mass is 31.1. The van der Waals surface area contributed by atoms with Crippen molar-refractivity contribution in [2.45, 2.75) is 38.3 Å². The van der Waals surface area contributed by atoms with Crippen LogP contribution in [0.2, 0.25) is 0 Å². The molecule has 0 saturated carbocycles. The summed E-state index contributed by atoms with van der Waals surface area (Å²) in [6, 6.07) is 3.97. The van der Waals surface area contributed by atoms with Gasteiger partial charge in [0.2, 0.25) is 0 Å². The van der Waals surface area contributed by atoms with E-state index in [9.17, 15) is 35.9 Å². The number of hydrogen-bond acceptors (Lipinski definition) is 5. The van der Waals surface area contributed by atoms with E-state index in [1.807, 2.05) is 0 Å². The molecule has 192 valence electrons. The van der Waals surface area contributed by atoms with Crippen molar-refractivity contribution in [3.8, 4) is 17.2 Å². The third kappa shape index (κ3) is 5.89. The van der Waals surface area contributed by atoms with Gasteiger partial charge in [0.1, 0.15) is 22.8 Å². The van der Waals surface area contributed by atoms with Gasteiger partial charge in [-0.2, -0.15) is 26.3 Å². The summed E-state index contributed by atoms with van der Waals surface area (Å²) in [4.78, 5) is 27.2. The van der Waals surface area contributed by atoms with E-state index in [2.05, 4.69) is 0 Å². The molecule has 0 aliphatic carbocycles. The summed E-state index contributed by atoms with van der Waals surface area (Å²) in [5, 5.41) is 0. The summed E-state index contributed by atoms with van der Waals surface area (Å²) in [6.07, 6.45) is -10.4. The summed E-state index contributed by atoms with van der Waals surface area (Å²) >= 11 is 0. The van der Waals surface area contributed by atoms with E-state index in [0.717, 1.165) is 0 Å². The largest absolute Gasteiger partial charge is 0.496 e. The molecule has 35 heavy (non-hydrogen) atoms. The average Bonchev–Trinajstić information content (AvgIpc) is 2.80. The van der Waals surface area contributed by atoms with Crippen LogP contribution in [0.3, 0.4) is 0 Å². The van der Waals surface area contributed by atoms with Gasteiger partial charge in [-0.15, -0.1) is 0 Å². The Bertz CT molecular complexity index is 1040. The molecule has 5 nitrogen and oxygen atoms in total. The van der Waals surface area contributed by atoms with E-state index in [1.165, 1.54) is 40.4 Å². The molecule has 0 saturated heterocycles. The Morgan fingerprint density at radius 1 is 0.829 bits per heavy atom. The molecule has 2 atom stereocenters. The van der Waals surface area contributed by atoms with Gasteiger partial charge >= 0.3 is 12.4 Å². The summed E-state index contributed by atoms with van der Waals surface area (Å²) in [6.45, 7) is 3.00. The molecule has 2 aromatic carbocycles. The molecule has 2 rings (SSSR count). The Balaban J connectivity index is 2.85. The number of methoxy groups -OCH3 is 3. The first-order chi connectivity index (χ1) is 16.2. The van der Waals surface area contributed by atoms with Gasteiger partial charge in [0.25, 0.3) is 0 Å². The number of carbonyl (C=O) groups is 2. The second-order valence-electron chi connectivity index (χ2n) is 7.37. The molecular formula is C23H23F6O5P. The fourth-order valence-electron chi connectivity index (χ4n) is 3.39. The Morgan fingerprint density at radius 3 is 1.60 bits per heavy atom. The molecule has 2 aromatic rings. The second kappa shape index (κ2) is 10.8. The molecule has 0 N–H and O–H groups in total. The number of carbonyl (C=O) groups excluding carboxylic acids is 2. The molecule has 0 aromatic heterocycles. The maximum atomic E-state index is 13.7. The topological polar surface area (TPSA) is 61.8 Å². The molecule has 0 fully saturated rings. The molecule has 0 heterocycles. The SMILES string of the molecule is CCC(C)P(C(=O)c1c(OC)cc(OC)cc1OC)C(=O)c1c(C(F)(F)F)cccc1C(F)(F)F. The molecule has 0 amide bonds. The fourth-order valence-corrected chi connectivity index (χ4v) is 5.68. The Hall–Kier alpha value is -2.81. The standard InChI is InChI=1S/C23H23F6O5P/c1-6-12(2)35(21(31)19-16(33-4)10-13(32-3)11-17(19)34-5)20(30)18-14(22(24,25)26)8-7-9-15(18)23(27,28)29/h7-12H,6H2,1-5H3. The minimum Gasteiger partial charge on any atom is -0.496 e. The van der Waals surface area contributed by atoms with Crippen molar-refractivity contribution in [3.05, 3.63) is 52.6 Å². The predicted octanol–water partition coefficient (Wildman–Crippen LogP) is 7.01. The quantitative estimate of drug-likeness (QED) is 0.261. The van der Waals surface area contributed by atoms with Crippen molar-refractivity contribution >= 4 is 19.0 Å². The van der Waals surface area contributed by atoms with Gasteiger partial charge in [-0.3, -0.25) is 9.59 Å². The maximum absolute atomic E-state index is 13.7. The van der Waals surface area contributed by atoms with Gasteiger partial charge < -0.3 is 14.2 Å². The molecule has 0 radical (unpaired) electrons. The van der Waals surface area contributed by atoms with E-state index < -0.39 is 53.7 Å². The Labute approximate surface area is 199 Å². The lowest BCUT2D eigenvalue weighted by atomic mass is 10.0. The molecule has 0 bridgehead atoms. The van der Waals surface area contributed by atoms with Crippen molar-refractivity contribution in [2.24, 2.45) is 0 Å². The zero-order chi connectivity index (χ0) is 26.7. The second-order valence-corrected chi connectivity index (χ2v) is 9.80. The third-order valence-electron chi connectivity index (χ3n) is 5.29. The van der Waals surface area contributed by atoms with Gasteiger partial charge in [-0.25, -0.2) is 0 Å². The van der Waals surface area contributed by atoms with E-state index in [4.69, 9.17) is 14.2 Å². The minimum absolute atomic E-state index is 0.102. The van der Waals surface area contributed by atoms with Gasteiger partial charge in [-0.05, 0) is 24.2 Å². The lowest BCUT2D eigenvalue weighted by Crippen LogP contribution is -2.23. The summed E-state index contributed by atoms with van der Waals surface area (Å²) in [5.74, 6) is 0.0149. The van der Waals surface area contributed by atoms with Crippen LogP contribution in [0, 0.1) is 0 Å². The van der Waals surface area contributed by atoms with Crippen LogP contribution in [-0.4, -0.2) is 38.0 Å². The van der Waals surface area contributed by atoms with E-state index in [-0.39, 0.29) is 29.2 Å². The maximum Gasteiger partial charge on any atom is 0.417 e. The summed E-state index contributed by atoms with van der Waals surface area (Å²) < 4.78 is 97.8. The number of hydrogen-bond donors (Lipinski definition) is 0. The van der Waals surface area contributed by atoms with Crippen LogP contribution >= 0.6 is 7.92 Å². The van der Waals surface area contributed by atoms with E-state index in [0.29, 0.717) is 18.2 Å². The van der Waals surface area contributed by atoms with E-state index in [1.54, 1.807) is 6.92 Å². The highest BCUT2D eigenvalue weighted by molar-refractivity contribution is 7.90. The number of benzene rings is 2. The van der Waals surface area contributed by atoms with Crippen molar-refractivity contribution in [2.75, 3.05) is 21.3 Å². The molecular weight excluding hydrogens is 501 g/mol. The van der Waals surface area contributed by atoms with E-state index >= 15 is 0 Å². The predicted molar refractivity (Wildman–Crippen MR) is 118 cm³/mol. The zero-order valence-corrected chi connectivity index (χ0v) is 20.3. The number of alkyl halides is 6. The monoisotopic (exact) mass is 524 g/mol. The van der Waals surface area contributed by atoms with Gasteiger partial charge in [0.05, 0.1) is 32.5 Å². The average molecular weight is 524 g/mol. The number of ether oxygens (including phenoxy) is 3. The smallest absolute Gasteiger partial charge is 0.417 e. The number of rotatable bonds is 9. The molecule has 0 aliphatic rings. The molecule has 0 aliphatic heterocycles. The lowest BCUT2D eigenvalue weighted by molar-refractivity contribution is -0.143. The Morgan fingerprint density at radius 2 is 1.26 bits per heavy atom. The Kier molecular flexibility index (Phi) is 8.81. The van der Waals surface area contributed by atoms with Crippen molar-refractivity contribution in [3.63, 3.8) is 0 Å². The lowest BCUT2D eigenvalue weighted by Gasteiger charge is -2.26. The van der Waals surface area contributed by atoms with Crippen LogP contribution < -0.4 is 14.2 Å². The van der Waals surface area contributed by atoms with Crippen molar-refractivity contribution < 1.29 is 50.1 Å². The molecule has 0 spiro atoms. The first-order valence-corrected chi connectivity index (χ1v) is 11.6. The van der Waals surface area contributed by atoms with Gasteiger partial charge in [-0.1, -0.05) is 19.9 Å². The zero-order valence-electron chi connectivity index (χ0n) is 19.4. The summed E-state index contributed by atoms with van der Waals surface area (Å²) in [7, 11) is 0.986. The highest BCUT2D eigenvalue weighted by Crippen LogP contribution is 2.54. The molecule has 2 unspecified atom stereocenters. The normalized spacial score (nSPS) is 13.7. The van der Waals surface area contributed by atoms with Crippen molar-refractivity contribution in [1.82, 2.24) is 0 Å². The first kappa shape index (κ1) is 28.4. The first-order valence-electron chi connectivity index (χ1n) is 10.2. The molecule has 12 heteroatoms. The van der Waals surface area contributed by atoms with Crippen LogP contribution in [0.25, 0.3) is 0 Å². The van der Waals surface area contributed by atoms with Crippen molar-refractivity contribution in [1.29, 1.82) is 0 Å². The summed E-state index contributed by atoms with van der Waals surface area (Å²) in [5.41, 5.74) is -8.71. The van der Waals surface area contributed by atoms with Gasteiger partial charge in [0, 0.05) is 25.6 Å². The number of halogens is 6. The van der Waals surface area contributed by atoms with Crippen LogP contribution in [0.1, 0.15) is 52.1 Å².